The highest BCUT2D eigenvalue weighted by Crippen LogP contribution is 2.29. The number of imidazole rings is 1. The number of phenolic OH excluding ortho intramolecular Hbond substituents is 1. The second-order valence-electron chi connectivity index (χ2n) is 5.77. The van der Waals surface area contributed by atoms with Crippen molar-refractivity contribution in [1.29, 1.82) is 0 Å². The van der Waals surface area contributed by atoms with E-state index in [-0.39, 0.29) is 5.75 Å². The molecule has 2 N–H and O–H groups in total. The van der Waals surface area contributed by atoms with Gasteiger partial charge in [0.1, 0.15) is 5.75 Å². The molecule has 5 nitrogen and oxygen atoms in total. The molecular weight excluding hydrogens is 296 g/mol. The molecule has 1 fully saturated rings. The Bertz CT molecular complexity index is 771. The molecule has 22 heavy (non-hydrogen) atoms. The molecule has 0 saturated heterocycles. The van der Waals surface area contributed by atoms with Crippen LogP contribution in [-0.4, -0.2) is 25.7 Å². The molecule has 0 amide bonds. The third kappa shape index (κ3) is 2.54. The van der Waals surface area contributed by atoms with E-state index < -0.39 is 0 Å². The number of rotatable bonds is 3. The number of benzene rings is 1. The quantitative estimate of drug-likeness (QED) is 0.769. The first-order chi connectivity index (χ1) is 10.8. The number of fused-ring (bicyclic) bond motifs is 1. The first-order valence-corrected chi connectivity index (χ1v) is 8.52. The Balaban J connectivity index is 1.62. The standard InChI is InChI=1S/C16H18N4OS/c21-13-8-6-11(7-9-13)14-10-17-16-20(14)19-15(22-16)18-12-4-2-1-3-5-12/h6-10,12,21H,1-5H2,(H,18,19). The minimum atomic E-state index is 0.266. The van der Waals surface area contributed by atoms with Gasteiger partial charge in [0.25, 0.3) is 0 Å². The highest BCUT2D eigenvalue weighted by molar-refractivity contribution is 7.20. The summed E-state index contributed by atoms with van der Waals surface area (Å²) >= 11 is 1.59. The molecule has 0 radical (unpaired) electrons. The number of nitrogens with zero attached hydrogens (tertiary/aromatic N) is 3. The molecule has 0 aliphatic heterocycles. The summed E-state index contributed by atoms with van der Waals surface area (Å²) in [5.74, 6) is 0.266. The Morgan fingerprint density at radius 1 is 1.14 bits per heavy atom. The molecule has 1 aliphatic rings. The Kier molecular flexibility index (Phi) is 3.46. The lowest BCUT2D eigenvalue weighted by atomic mass is 9.96. The predicted octanol–water partition coefficient (Wildman–Crippen LogP) is 3.91. The van der Waals surface area contributed by atoms with Crippen LogP contribution in [0.15, 0.2) is 30.5 Å². The van der Waals surface area contributed by atoms with Crippen molar-refractivity contribution in [3.8, 4) is 17.0 Å². The first-order valence-electron chi connectivity index (χ1n) is 7.70. The molecule has 3 aromatic rings. The third-order valence-corrected chi connectivity index (χ3v) is 5.04. The third-order valence-electron chi connectivity index (χ3n) is 4.18. The van der Waals surface area contributed by atoms with Gasteiger partial charge in [-0.15, -0.1) is 5.10 Å². The van der Waals surface area contributed by atoms with Gasteiger partial charge in [0.15, 0.2) is 0 Å². The molecular formula is C16H18N4OS. The fraction of sp³-hybridized carbons (Fsp3) is 0.375. The molecule has 1 aliphatic carbocycles. The number of aromatic nitrogens is 3. The van der Waals surface area contributed by atoms with Crippen LogP contribution in [0.1, 0.15) is 32.1 Å². The molecule has 2 heterocycles. The molecule has 1 aromatic carbocycles. The van der Waals surface area contributed by atoms with E-state index in [4.69, 9.17) is 0 Å². The van der Waals surface area contributed by atoms with E-state index in [0.29, 0.717) is 6.04 Å². The summed E-state index contributed by atoms with van der Waals surface area (Å²) in [6, 6.07) is 7.67. The lowest BCUT2D eigenvalue weighted by Gasteiger charge is -2.21. The van der Waals surface area contributed by atoms with Crippen LogP contribution in [0.3, 0.4) is 0 Å². The Labute approximate surface area is 132 Å². The van der Waals surface area contributed by atoms with E-state index in [9.17, 15) is 5.11 Å². The molecule has 114 valence electrons. The summed E-state index contributed by atoms with van der Waals surface area (Å²) < 4.78 is 1.88. The molecule has 0 spiro atoms. The first kappa shape index (κ1) is 13.6. The number of phenols is 1. The van der Waals surface area contributed by atoms with Crippen molar-refractivity contribution in [2.24, 2.45) is 0 Å². The van der Waals surface area contributed by atoms with Crippen LogP contribution in [0.25, 0.3) is 16.2 Å². The van der Waals surface area contributed by atoms with Gasteiger partial charge >= 0.3 is 0 Å². The van der Waals surface area contributed by atoms with Gasteiger partial charge in [0, 0.05) is 11.6 Å². The smallest absolute Gasteiger partial charge is 0.214 e. The maximum Gasteiger partial charge on any atom is 0.214 e. The van der Waals surface area contributed by atoms with Gasteiger partial charge in [0.05, 0.1) is 11.9 Å². The van der Waals surface area contributed by atoms with E-state index in [2.05, 4.69) is 15.4 Å². The summed E-state index contributed by atoms with van der Waals surface area (Å²) in [7, 11) is 0. The van der Waals surface area contributed by atoms with Gasteiger partial charge < -0.3 is 10.4 Å². The normalized spacial score (nSPS) is 16.2. The molecule has 0 unspecified atom stereocenters. The minimum Gasteiger partial charge on any atom is -0.508 e. The van der Waals surface area contributed by atoms with Crippen molar-refractivity contribution >= 4 is 21.4 Å². The van der Waals surface area contributed by atoms with Crippen molar-refractivity contribution in [3.63, 3.8) is 0 Å². The fourth-order valence-electron chi connectivity index (χ4n) is 3.00. The van der Waals surface area contributed by atoms with Crippen LogP contribution in [0.2, 0.25) is 0 Å². The number of hydrogen-bond acceptors (Lipinski definition) is 5. The number of hydrogen-bond donors (Lipinski definition) is 2. The topological polar surface area (TPSA) is 62.5 Å². The van der Waals surface area contributed by atoms with Gasteiger partial charge in [-0.1, -0.05) is 30.6 Å². The van der Waals surface area contributed by atoms with Crippen LogP contribution in [-0.2, 0) is 0 Å². The highest BCUT2D eigenvalue weighted by atomic mass is 32.1. The molecule has 0 atom stereocenters. The fourth-order valence-corrected chi connectivity index (χ4v) is 3.85. The van der Waals surface area contributed by atoms with E-state index in [1.54, 1.807) is 23.5 Å². The zero-order chi connectivity index (χ0) is 14.9. The summed E-state index contributed by atoms with van der Waals surface area (Å²) in [6.45, 7) is 0. The maximum absolute atomic E-state index is 9.41. The van der Waals surface area contributed by atoms with Gasteiger partial charge in [-0.3, -0.25) is 0 Å². The Morgan fingerprint density at radius 3 is 2.68 bits per heavy atom. The van der Waals surface area contributed by atoms with E-state index >= 15 is 0 Å². The SMILES string of the molecule is Oc1ccc(-c2cnc3sc(NC4CCCCC4)nn23)cc1. The predicted molar refractivity (Wildman–Crippen MR) is 88.5 cm³/mol. The second-order valence-corrected chi connectivity index (χ2v) is 6.73. The van der Waals surface area contributed by atoms with Crippen LogP contribution >= 0.6 is 11.3 Å². The van der Waals surface area contributed by atoms with E-state index in [1.165, 1.54) is 32.1 Å². The number of anilines is 1. The molecule has 0 bridgehead atoms. The molecule has 1 saturated carbocycles. The lowest BCUT2D eigenvalue weighted by molar-refractivity contribution is 0.462. The van der Waals surface area contributed by atoms with Crippen LogP contribution in [0, 0.1) is 0 Å². The van der Waals surface area contributed by atoms with Crippen LogP contribution < -0.4 is 5.32 Å². The zero-order valence-corrected chi connectivity index (χ0v) is 13.0. The van der Waals surface area contributed by atoms with Gasteiger partial charge in [-0.05, 0) is 37.1 Å². The zero-order valence-electron chi connectivity index (χ0n) is 12.2. The van der Waals surface area contributed by atoms with Crippen molar-refractivity contribution < 1.29 is 5.11 Å². The van der Waals surface area contributed by atoms with E-state index in [1.807, 2.05) is 22.8 Å². The van der Waals surface area contributed by atoms with Crippen LogP contribution in [0.4, 0.5) is 5.13 Å². The monoisotopic (exact) mass is 314 g/mol. The number of nitrogens with one attached hydrogen (secondary N) is 1. The molecule has 6 heteroatoms. The lowest BCUT2D eigenvalue weighted by Crippen LogP contribution is -2.22. The minimum absolute atomic E-state index is 0.266. The van der Waals surface area contributed by atoms with Gasteiger partial charge in [-0.25, -0.2) is 9.50 Å². The largest absolute Gasteiger partial charge is 0.508 e. The van der Waals surface area contributed by atoms with Gasteiger partial charge in [-0.2, -0.15) is 0 Å². The van der Waals surface area contributed by atoms with Crippen molar-refractivity contribution in [2.45, 2.75) is 38.1 Å². The molecule has 2 aromatic heterocycles. The summed E-state index contributed by atoms with van der Waals surface area (Å²) in [6.07, 6.45) is 8.25. The number of aromatic hydroxyl groups is 1. The molecule has 4 rings (SSSR count). The average molecular weight is 314 g/mol. The van der Waals surface area contributed by atoms with Gasteiger partial charge in [0.2, 0.25) is 10.1 Å². The maximum atomic E-state index is 9.41. The average Bonchev–Trinajstić information content (AvgIpc) is 3.09. The van der Waals surface area contributed by atoms with Crippen molar-refractivity contribution in [3.05, 3.63) is 30.5 Å². The summed E-state index contributed by atoms with van der Waals surface area (Å²) in [5, 5.41) is 18.6. The second kappa shape index (κ2) is 5.61. The van der Waals surface area contributed by atoms with E-state index in [0.717, 1.165) is 21.3 Å². The Hall–Kier alpha value is -2.08. The summed E-state index contributed by atoms with van der Waals surface area (Å²) in [4.78, 5) is 5.34. The van der Waals surface area contributed by atoms with Crippen molar-refractivity contribution in [2.75, 3.05) is 5.32 Å². The van der Waals surface area contributed by atoms with Crippen LogP contribution in [0.5, 0.6) is 5.75 Å². The highest BCUT2D eigenvalue weighted by Gasteiger charge is 2.16. The Morgan fingerprint density at radius 2 is 1.91 bits per heavy atom. The van der Waals surface area contributed by atoms with Crippen molar-refractivity contribution in [1.82, 2.24) is 14.6 Å². The summed E-state index contributed by atoms with van der Waals surface area (Å²) in [5.41, 5.74) is 1.95.